The van der Waals surface area contributed by atoms with E-state index in [4.69, 9.17) is 15.9 Å². The Kier molecular flexibility index (Phi) is 4.64. The van der Waals surface area contributed by atoms with Gasteiger partial charge in [-0.15, -0.1) is 10.2 Å². The molecular formula is C19H24N8O. The standard InChI is InChI=1S/C19H22N8O.H2/c1-12(2)28-18-6-15(16(20)7-23-18)19(21)13-3-4-22-17(5-13)26-8-14(9-26)27-10-24-25-11-27;/h3-7,10-12,14,21H,8-9,20H2,1-2H3;1H. The summed E-state index contributed by atoms with van der Waals surface area (Å²) >= 11 is 0. The Morgan fingerprint density at radius 1 is 1.25 bits per heavy atom. The van der Waals surface area contributed by atoms with Gasteiger partial charge in [-0.2, -0.15) is 0 Å². The van der Waals surface area contributed by atoms with Gasteiger partial charge in [-0.1, -0.05) is 0 Å². The molecular weight excluding hydrogens is 356 g/mol. The molecule has 146 valence electrons. The molecule has 28 heavy (non-hydrogen) atoms. The van der Waals surface area contributed by atoms with E-state index >= 15 is 0 Å². The molecule has 1 fully saturated rings. The second kappa shape index (κ2) is 7.26. The molecule has 0 bridgehead atoms. The minimum atomic E-state index is -0.00394. The van der Waals surface area contributed by atoms with Crippen LogP contribution in [-0.2, 0) is 0 Å². The van der Waals surface area contributed by atoms with E-state index < -0.39 is 0 Å². The highest BCUT2D eigenvalue weighted by Gasteiger charge is 2.29. The van der Waals surface area contributed by atoms with E-state index in [-0.39, 0.29) is 7.53 Å². The zero-order chi connectivity index (χ0) is 19.7. The maximum absolute atomic E-state index is 8.63. The summed E-state index contributed by atoms with van der Waals surface area (Å²) in [5, 5.41) is 16.3. The van der Waals surface area contributed by atoms with E-state index in [1.807, 2.05) is 30.5 Å². The highest BCUT2D eigenvalue weighted by molar-refractivity contribution is 6.14. The van der Waals surface area contributed by atoms with Crippen molar-refractivity contribution in [3.63, 3.8) is 0 Å². The minimum Gasteiger partial charge on any atom is -0.475 e. The quantitative estimate of drug-likeness (QED) is 0.629. The molecule has 0 saturated carbocycles. The fourth-order valence-electron chi connectivity index (χ4n) is 3.10. The Morgan fingerprint density at radius 3 is 2.71 bits per heavy atom. The van der Waals surface area contributed by atoms with Crippen molar-refractivity contribution in [2.45, 2.75) is 26.0 Å². The molecule has 0 amide bonds. The number of anilines is 2. The van der Waals surface area contributed by atoms with Gasteiger partial charge in [0.05, 0.1) is 29.7 Å². The van der Waals surface area contributed by atoms with Crippen LogP contribution in [0.3, 0.4) is 0 Å². The van der Waals surface area contributed by atoms with Gasteiger partial charge in [0, 0.05) is 37.9 Å². The number of nitrogen functional groups attached to an aromatic ring is 1. The minimum absolute atomic E-state index is 0. The second-order valence-corrected chi connectivity index (χ2v) is 7.02. The first kappa shape index (κ1) is 17.9. The topological polar surface area (TPSA) is 119 Å². The predicted molar refractivity (Wildman–Crippen MR) is 108 cm³/mol. The maximum Gasteiger partial charge on any atom is 0.214 e. The third-order valence-electron chi connectivity index (χ3n) is 4.61. The SMILES string of the molecule is CC(C)Oc1cc(C(=N)c2ccnc(N3CC(n4cnnc4)C3)c2)c(N)cn1.[HH]. The molecule has 9 nitrogen and oxygen atoms in total. The molecule has 0 atom stereocenters. The van der Waals surface area contributed by atoms with Gasteiger partial charge in [0.15, 0.2) is 0 Å². The largest absolute Gasteiger partial charge is 0.475 e. The van der Waals surface area contributed by atoms with Crippen LogP contribution in [0.1, 0.15) is 32.4 Å². The number of aromatic nitrogens is 5. The average Bonchev–Trinajstić information content (AvgIpc) is 3.15. The van der Waals surface area contributed by atoms with Gasteiger partial charge in [-0.05, 0) is 26.0 Å². The van der Waals surface area contributed by atoms with Crippen molar-refractivity contribution < 1.29 is 6.16 Å². The van der Waals surface area contributed by atoms with Gasteiger partial charge in [-0.3, -0.25) is 5.41 Å². The number of ether oxygens (including phenoxy) is 1. The normalized spacial score (nSPS) is 14.2. The summed E-state index contributed by atoms with van der Waals surface area (Å²) in [6.07, 6.45) is 6.70. The lowest BCUT2D eigenvalue weighted by atomic mass is 10.0. The van der Waals surface area contributed by atoms with Gasteiger partial charge in [0.2, 0.25) is 5.88 Å². The van der Waals surface area contributed by atoms with Gasteiger partial charge in [0.1, 0.15) is 18.5 Å². The molecule has 3 aromatic heterocycles. The van der Waals surface area contributed by atoms with Crippen molar-refractivity contribution in [2.24, 2.45) is 0 Å². The second-order valence-electron chi connectivity index (χ2n) is 7.02. The van der Waals surface area contributed by atoms with E-state index in [1.165, 1.54) is 6.20 Å². The van der Waals surface area contributed by atoms with E-state index in [0.717, 1.165) is 24.5 Å². The van der Waals surface area contributed by atoms with Crippen LogP contribution in [0.2, 0.25) is 0 Å². The molecule has 0 spiro atoms. The molecule has 9 heteroatoms. The third-order valence-corrected chi connectivity index (χ3v) is 4.61. The van der Waals surface area contributed by atoms with E-state index in [9.17, 15) is 0 Å². The number of rotatable bonds is 6. The Balaban J connectivity index is 0.00000240. The van der Waals surface area contributed by atoms with E-state index in [1.54, 1.807) is 24.9 Å². The fraction of sp³-hybridized carbons (Fsp3) is 0.316. The highest BCUT2D eigenvalue weighted by Crippen LogP contribution is 2.28. The number of nitrogens with two attached hydrogens (primary N) is 1. The van der Waals surface area contributed by atoms with Crippen LogP contribution in [0, 0.1) is 5.41 Å². The van der Waals surface area contributed by atoms with Crippen LogP contribution in [-0.4, -0.2) is 49.6 Å². The number of hydrogen-bond donors (Lipinski definition) is 2. The zero-order valence-electron chi connectivity index (χ0n) is 15.8. The Morgan fingerprint density at radius 2 is 2.00 bits per heavy atom. The third kappa shape index (κ3) is 3.51. The lowest BCUT2D eigenvalue weighted by Crippen LogP contribution is -2.48. The summed E-state index contributed by atoms with van der Waals surface area (Å²) < 4.78 is 7.63. The highest BCUT2D eigenvalue weighted by atomic mass is 16.5. The van der Waals surface area contributed by atoms with Crippen LogP contribution in [0.4, 0.5) is 11.5 Å². The number of hydrogen-bond acceptors (Lipinski definition) is 8. The van der Waals surface area contributed by atoms with Crippen LogP contribution in [0.15, 0.2) is 43.2 Å². The maximum atomic E-state index is 8.63. The van der Waals surface area contributed by atoms with Crippen molar-refractivity contribution in [1.82, 2.24) is 24.7 Å². The Labute approximate surface area is 164 Å². The molecule has 1 saturated heterocycles. The molecule has 3 aromatic rings. The Bertz CT molecular complexity index is 986. The predicted octanol–water partition coefficient (Wildman–Crippen LogP) is 2.16. The van der Waals surface area contributed by atoms with Crippen molar-refractivity contribution in [2.75, 3.05) is 23.7 Å². The summed E-state index contributed by atoms with van der Waals surface area (Å²) in [5.41, 5.74) is 8.15. The molecule has 4 rings (SSSR count). The van der Waals surface area contributed by atoms with Crippen molar-refractivity contribution in [3.8, 4) is 5.88 Å². The van der Waals surface area contributed by atoms with E-state index in [2.05, 4.69) is 25.1 Å². The van der Waals surface area contributed by atoms with Gasteiger partial charge >= 0.3 is 0 Å². The summed E-state index contributed by atoms with van der Waals surface area (Å²) in [7, 11) is 0. The first-order valence-electron chi connectivity index (χ1n) is 9.08. The van der Waals surface area contributed by atoms with Crippen molar-refractivity contribution in [1.29, 1.82) is 5.41 Å². The first-order valence-corrected chi connectivity index (χ1v) is 9.08. The van der Waals surface area contributed by atoms with Crippen LogP contribution in [0.25, 0.3) is 0 Å². The van der Waals surface area contributed by atoms with Crippen LogP contribution in [0.5, 0.6) is 5.88 Å². The van der Waals surface area contributed by atoms with E-state index in [0.29, 0.717) is 28.9 Å². The molecule has 0 unspecified atom stereocenters. The summed E-state index contributed by atoms with van der Waals surface area (Å²) in [6, 6.07) is 5.77. The average molecular weight is 380 g/mol. The molecule has 4 heterocycles. The lowest BCUT2D eigenvalue weighted by Gasteiger charge is -2.40. The van der Waals surface area contributed by atoms with Crippen molar-refractivity contribution in [3.05, 3.63) is 54.4 Å². The molecule has 0 aromatic carbocycles. The molecule has 1 aliphatic rings. The molecule has 0 radical (unpaired) electrons. The Hall–Kier alpha value is -3.49. The fourth-order valence-corrected chi connectivity index (χ4v) is 3.10. The zero-order valence-corrected chi connectivity index (χ0v) is 15.8. The number of pyridine rings is 2. The monoisotopic (exact) mass is 380 g/mol. The first-order chi connectivity index (χ1) is 13.5. The molecule has 1 aliphatic heterocycles. The number of nitrogens with one attached hydrogen (secondary N) is 1. The summed E-state index contributed by atoms with van der Waals surface area (Å²) in [6.45, 7) is 5.51. The van der Waals surface area contributed by atoms with Gasteiger partial charge in [0.25, 0.3) is 0 Å². The summed E-state index contributed by atoms with van der Waals surface area (Å²) in [4.78, 5) is 10.8. The van der Waals surface area contributed by atoms with Gasteiger partial charge < -0.3 is 19.9 Å². The lowest BCUT2D eigenvalue weighted by molar-refractivity contribution is 0.232. The molecule has 0 aliphatic carbocycles. The number of nitrogens with zero attached hydrogens (tertiary/aromatic N) is 6. The van der Waals surface area contributed by atoms with Gasteiger partial charge in [-0.25, -0.2) is 9.97 Å². The molecule has 3 N–H and O–H groups in total. The summed E-state index contributed by atoms with van der Waals surface area (Å²) in [5.74, 6) is 1.29. The smallest absolute Gasteiger partial charge is 0.214 e. The van der Waals surface area contributed by atoms with Crippen LogP contribution >= 0.6 is 0 Å². The van der Waals surface area contributed by atoms with Crippen molar-refractivity contribution >= 4 is 17.2 Å². The van der Waals surface area contributed by atoms with Crippen LogP contribution < -0.4 is 15.4 Å².